The molecule has 2 aromatic rings. The maximum absolute atomic E-state index is 12.2. The molecule has 0 aliphatic rings. The molecule has 0 N–H and O–H groups in total. The van der Waals surface area contributed by atoms with Gasteiger partial charge in [-0.1, -0.05) is 26.0 Å². The van der Waals surface area contributed by atoms with E-state index in [4.69, 9.17) is 14.2 Å². The molecule has 0 saturated carbocycles. The molecule has 0 unspecified atom stereocenters. The Labute approximate surface area is 130 Å². The predicted octanol–water partition coefficient (Wildman–Crippen LogP) is 4.05. The largest absolute Gasteiger partial charge is 0.497 e. The fourth-order valence-electron chi connectivity index (χ4n) is 2.01. The highest BCUT2D eigenvalue weighted by Gasteiger charge is 2.12. The summed E-state index contributed by atoms with van der Waals surface area (Å²) in [6.07, 6.45) is 0. The van der Waals surface area contributed by atoms with Gasteiger partial charge < -0.3 is 14.2 Å². The number of hydrogen-bond acceptors (Lipinski definition) is 4. The summed E-state index contributed by atoms with van der Waals surface area (Å²) in [4.78, 5) is 12.2. The van der Waals surface area contributed by atoms with Crippen LogP contribution in [0, 0.1) is 0 Å². The second-order valence-corrected chi connectivity index (χ2v) is 5.21. The van der Waals surface area contributed by atoms with Crippen LogP contribution in [0.5, 0.6) is 17.2 Å². The lowest BCUT2D eigenvalue weighted by molar-refractivity contribution is 0.0734. The van der Waals surface area contributed by atoms with Gasteiger partial charge in [-0.2, -0.15) is 0 Å². The molecule has 2 rings (SSSR count). The van der Waals surface area contributed by atoms with E-state index in [0.717, 1.165) is 0 Å². The molecule has 2 aromatic carbocycles. The second-order valence-electron chi connectivity index (χ2n) is 5.21. The highest BCUT2D eigenvalue weighted by atomic mass is 16.5. The van der Waals surface area contributed by atoms with Gasteiger partial charge in [-0.25, -0.2) is 4.79 Å². The number of methoxy groups -OCH3 is 2. The molecule has 0 heterocycles. The summed E-state index contributed by atoms with van der Waals surface area (Å²) < 4.78 is 15.7. The number of ether oxygens (including phenoxy) is 3. The first kappa shape index (κ1) is 15.9. The summed E-state index contributed by atoms with van der Waals surface area (Å²) in [5.74, 6) is 1.58. The minimum Gasteiger partial charge on any atom is -0.497 e. The Balaban J connectivity index is 2.18. The molecule has 0 atom stereocenters. The molecule has 4 nitrogen and oxygen atoms in total. The first-order chi connectivity index (χ1) is 10.5. The summed E-state index contributed by atoms with van der Waals surface area (Å²) >= 11 is 0. The normalized spacial score (nSPS) is 10.4. The Morgan fingerprint density at radius 3 is 1.86 bits per heavy atom. The van der Waals surface area contributed by atoms with Gasteiger partial charge in [-0.05, 0) is 35.7 Å². The predicted molar refractivity (Wildman–Crippen MR) is 85.0 cm³/mol. The van der Waals surface area contributed by atoms with Gasteiger partial charge in [0, 0.05) is 6.07 Å². The number of esters is 1. The van der Waals surface area contributed by atoms with E-state index < -0.39 is 5.97 Å². The van der Waals surface area contributed by atoms with Crippen LogP contribution in [0.2, 0.25) is 0 Å². The highest BCUT2D eigenvalue weighted by molar-refractivity contribution is 5.92. The van der Waals surface area contributed by atoms with Gasteiger partial charge in [0.2, 0.25) is 0 Å². The minimum atomic E-state index is -0.450. The van der Waals surface area contributed by atoms with E-state index in [2.05, 4.69) is 13.8 Å². The number of carbonyl (C=O) groups is 1. The van der Waals surface area contributed by atoms with Crippen molar-refractivity contribution in [2.24, 2.45) is 0 Å². The van der Waals surface area contributed by atoms with Crippen molar-refractivity contribution in [2.45, 2.75) is 19.8 Å². The molecule has 22 heavy (non-hydrogen) atoms. The summed E-state index contributed by atoms with van der Waals surface area (Å²) in [5.41, 5.74) is 1.58. The van der Waals surface area contributed by atoms with E-state index in [0.29, 0.717) is 28.7 Å². The van der Waals surface area contributed by atoms with E-state index >= 15 is 0 Å². The third-order valence-corrected chi connectivity index (χ3v) is 3.34. The second kappa shape index (κ2) is 6.98. The van der Waals surface area contributed by atoms with Crippen LogP contribution in [-0.2, 0) is 0 Å². The van der Waals surface area contributed by atoms with Crippen molar-refractivity contribution in [3.05, 3.63) is 53.6 Å². The monoisotopic (exact) mass is 300 g/mol. The van der Waals surface area contributed by atoms with Crippen LogP contribution < -0.4 is 14.2 Å². The van der Waals surface area contributed by atoms with Crippen molar-refractivity contribution in [1.29, 1.82) is 0 Å². The fraction of sp³-hybridized carbons (Fsp3) is 0.278. The maximum Gasteiger partial charge on any atom is 0.343 e. The zero-order chi connectivity index (χ0) is 16.1. The van der Waals surface area contributed by atoms with Gasteiger partial charge in [0.1, 0.15) is 17.2 Å². The first-order valence-corrected chi connectivity index (χ1v) is 7.08. The number of benzene rings is 2. The molecule has 0 bridgehead atoms. The molecule has 0 fully saturated rings. The van der Waals surface area contributed by atoms with Gasteiger partial charge >= 0.3 is 5.97 Å². The Kier molecular flexibility index (Phi) is 5.04. The Bertz CT molecular complexity index is 622. The lowest BCUT2D eigenvalue weighted by Crippen LogP contribution is -2.09. The maximum atomic E-state index is 12.2. The lowest BCUT2D eigenvalue weighted by Gasteiger charge is -2.10. The van der Waals surface area contributed by atoms with E-state index in [1.165, 1.54) is 19.8 Å². The molecule has 0 aromatic heterocycles. The minimum absolute atomic E-state index is 0.379. The number of rotatable bonds is 5. The van der Waals surface area contributed by atoms with Gasteiger partial charge in [0.15, 0.2) is 0 Å². The van der Waals surface area contributed by atoms with Gasteiger partial charge in [-0.15, -0.1) is 0 Å². The molecular formula is C18H20O4. The van der Waals surface area contributed by atoms with Crippen LogP contribution in [0.15, 0.2) is 42.5 Å². The highest BCUT2D eigenvalue weighted by Crippen LogP contribution is 2.24. The molecule has 0 radical (unpaired) electrons. The van der Waals surface area contributed by atoms with E-state index in [1.807, 2.05) is 12.1 Å². The number of carbonyl (C=O) groups excluding carboxylic acids is 1. The van der Waals surface area contributed by atoms with E-state index in [1.54, 1.807) is 30.3 Å². The zero-order valence-corrected chi connectivity index (χ0v) is 13.3. The van der Waals surface area contributed by atoms with Crippen molar-refractivity contribution in [1.82, 2.24) is 0 Å². The lowest BCUT2D eigenvalue weighted by atomic mass is 10.0. The van der Waals surface area contributed by atoms with Crippen LogP contribution in [0.4, 0.5) is 0 Å². The molecule has 0 saturated heterocycles. The average molecular weight is 300 g/mol. The molecular weight excluding hydrogens is 280 g/mol. The first-order valence-electron chi connectivity index (χ1n) is 7.08. The van der Waals surface area contributed by atoms with Crippen LogP contribution in [0.25, 0.3) is 0 Å². The van der Waals surface area contributed by atoms with Crippen molar-refractivity contribution in [3.63, 3.8) is 0 Å². The third kappa shape index (κ3) is 3.79. The van der Waals surface area contributed by atoms with Gasteiger partial charge in [0.05, 0.1) is 19.8 Å². The summed E-state index contributed by atoms with van der Waals surface area (Å²) in [6.45, 7) is 4.23. The van der Waals surface area contributed by atoms with Crippen molar-refractivity contribution < 1.29 is 19.0 Å². The van der Waals surface area contributed by atoms with Crippen LogP contribution in [0.1, 0.15) is 35.7 Å². The van der Waals surface area contributed by atoms with Crippen LogP contribution >= 0.6 is 0 Å². The molecule has 0 amide bonds. The van der Waals surface area contributed by atoms with Crippen LogP contribution in [-0.4, -0.2) is 20.2 Å². The Morgan fingerprint density at radius 2 is 1.41 bits per heavy atom. The number of hydrogen-bond donors (Lipinski definition) is 0. The smallest absolute Gasteiger partial charge is 0.343 e. The SMILES string of the molecule is COc1cc(OC)cc(C(=O)Oc2ccc(C(C)C)cc2)c1. The van der Waals surface area contributed by atoms with Crippen molar-refractivity contribution in [2.75, 3.05) is 14.2 Å². The molecule has 0 spiro atoms. The molecule has 116 valence electrons. The zero-order valence-electron chi connectivity index (χ0n) is 13.3. The average Bonchev–Trinajstić information content (AvgIpc) is 2.54. The van der Waals surface area contributed by atoms with Crippen LogP contribution in [0.3, 0.4) is 0 Å². The summed E-state index contributed by atoms with van der Waals surface area (Å²) in [5, 5.41) is 0. The van der Waals surface area contributed by atoms with E-state index in [-0.39, 0.29) is 0 Å². The van der Waals surface area contributed by atoms with E-state index in [9.17, 15) is 4.79 Å². The van der Waals surface area contributed by atoms with Gasteiger partial charge in [0.25, 0.3) is 0 Å². The summed E-state index contributed by atoms with van der Waals surface area (Å²) in [6, 6.07) is 12.4. The Hall–Kier alpha value is -2.49. The molecule has 0 aliphatic heterocycles. The van der Waals surface area contributed by atoms with Crippen molar-refractivity contribution in [3.8, 4) is 17.2 Å². The van der Waals surface area contributed by atoms with Crippen molar-refractivity contribution >= 4 is 5.97 Å². The Morgan fingerprint density at radius 1 is 0.864 bits per heavy atom. The fourth-order valence-corrected chi connectivity index (χ4v) is 2.01. The quantitative estimate of drug-likeness (QED) is 0.617. The van der Waals surface area contributed by atoms with Gasteiger partial charge in [-0.3, -0.25) is 0 Å². The summed E-state index contributed by atoms with van der Waals surface area (Å²) in [7, 11) is 3.07. The standard InChI is InChI=1S/C18H20O4/c1-12(2)13-5-7-15(8-6-13)22-18(19)14-9-16(20-3)11-17(10-14)21-4/h5-12H,1-4H3. The molecule has 4 heteroatoms. The third-order valence-electron chi connectivity index (χ3n) is 3.34. The molecule has 0 aliphatic carbocycles. The topological polar surface area (TPSA) is 44.8 Å².